The minimum absolute atomic E-state index is 0.297. The van der Waals surface area contributed by atoms with Gasteiger partial charge in [0, 0.05) is 11.1 Å². The summed E-state index contributed by atoms with van der Waals surface area (Å²) in [6.07, 6.45) is 10.6. The summed E-state index contributed by atoms with van der Waals surface area (Å²) in [5, 5.41) is 5.72. The molecule has 3 N–H and O–H groups in total. The monoisotopic (exact) mass is 429 g/mol. The average Bonchev–Trinajstić information content (AvgIpc) is 3.61. The van der Waals surface area contributed by atoms with Gasteiger partial charge in [0.05, 0.1) is 11.4 Å². The Morgan fingerprint density at radius 2 is 1.06 bits per heavy atom. The number of hydrogen-bond acceptors (Lipinski definition) is 2. The van der Waals surface area contributed by atoms with Crippen molar-refractivity contribution >= 4 is 11.8 Å². The molecule has 158 valence electrons. The van der Waals surface area contributed by atoms with E-state index in [4.69, 9.17) is 0 Å². The molecule has 0 unspecified atom stereocenters. The summed E-state index contributed by atoms with van der Waals surface area (Å²) in [6, 6.07) is 19.1. The molecule has 0 bridgehead atoms. The molecule has 1 heterocycles. The summed E-state index contributed by atoms with van der Waals surface area (Å²) in [4.78, 5) is 29.8. The number of hydrogen-bond donors (Lipinski definition) is 3. The van der Waals surface area contributed by atoms with Gasteiger partial charge in [-0.2, -0.15) is 0 Å². The zero-order valence-electron chi connectivity index (χ0n) is 17.6. The van der Waals surface area contributed by atoms with Gasteiger partial charge in [0.25, 0.3) is 11.8 Å². The molecule has 0 radical (unpaired) electrons. The SMILES string of the molecule is O=C(NC1=C=CC=C1)c1[nH]c(C(=O)NC2=C=CC=C2)c(-c2ccccc2)c1-c1ccccc1. The van der Waals surface area contributed by atoms with Gasteiger partial charge in [0.15, 0.2) is 0 Å². The molecule has 0 saturated heterocycles. The molecule has 0 saturated carbocycles. The smallest absolute Gasteiger partial charge is 0.273 e. The first-order valence-corrected chi connectivity index (χ1v) is 10.5. The van der Waals surface area contributed by atoms with E-state index < -0.39 is 0 Å². The van der Waals surface area contributed by atoms with Crippen molar-refractivity contribution in [3.63, 3.8) is 0 Å². The van der Waals surface area contributed by atoms with E-state index in [0.717, 1.165) is 11.1 Å². The van der Waals surface area contributed by atoms with Crippen LogP contribution in [0.15, 0.2) is 120 Å². The van der Waals surface area contributed by atoms with Crippen LogP contribution < -0.4 is 10.6 Å². The summed E-state index contributed by atoms with van der Waals surface area (Å²) in [5.41, 5.74) is 10.6. The van der Waals surface area contributed by atoms with Gasteiger partial charge in [-0.3, -0.25) is 9.59 Å². The fourth-order valence-electron chi connectivity index (χ4n) is 3.81. The molecular formula is C28H19N3O2. The van der Waals surface area contributed by atoms with E-state index in [1.807, 2.05) is 60.7 Å². The van der Waals surface area contributed by atoms with Crippen LogP contribution >= 0.6 is 0 Å². The fraction of sp³-hybridized carbons (Fsp3) is 0. The zero-order valence-corrected chi connectivity index (χ0v) is 17.6. The molecule has 2 aromatic carbocycles. The van der Waals surface area contributed by atoms with Crippen LogP contribution in [0.25, 0.3) is 22.3 Å². The van der Waals surface area contributed by atoms with Gasteiger partial charge in [-0.1, -0.05) is 84.3 Å². The molecule has 1 aromatic heterocycles. The molecule has 0 fully saturated rings. The lowest BCUT2D eigenvalue weighted by Gasteiger charge is -2.10. The predicted octanol–water partition coefficient (Wildman–Crippen LogP) is 5.03. The molecule has 5 rings (SSSR count). The summed E-state index contributed by atoms with van der Waals surface area (Å²) in [6.45, 7) is 0. The standard InChI is InChI=1S/C28H19N3O2/c32-27(29-21-15-7-8-16-21)25-23(19-11-3-1-4-12-19)24(20-13-5-2-6-14-20)26(31-25)28(33)30-22-17-9-10-18-22/h1-15,17,31H,(H,29,32)(H,30,33). The number of benzene rings is 2. The maximum atomic E-state index is 13.3. The number of amides is 2. The lowest BCUT2D eigenvalue weighted by molar-refractivity contribution is 0.0962. The average molecular weight is 429 g/mol. The van der Waals surface area contributed by atoms with Crippen LogP contribution in [0.5, 0.6) is 0 Å². The first-order valence-electron chi connectivity index (χ1n) is 10.5. The molecular weight excluding hydrogens is 410 g/mol. The van der Waals surface area contributed by atoms with Crippen LogP contribution in [0.3, 0.4) is 0 Å². The second kappa shape index (κ2) is 8.74. The highest BCUT2D eigenvalue weighted by molar-refractivity contribution is 6.11. The van der Waals surface area contributed by atoms with E-state index in [1.165, 1.54) is 0 Å². The van der Waals surface area contributed by atoms with Crippen LogP contribution in [0, 0.1) is 0 Å². The van der Waals surface area contributed by atoms with Crippen LogP contribution in [-0.4, -0.2) is 16.8 Å². The van der Waals surface area contributed by atoms with Crippen LogP contribution in [0.1, 0.15) is 21.0 Å². The van der Waals surface area contributed by atoms with Crippen molar-refractivity contribution in [2.75, 3.05) is 0 Å². The minimum atomic E-state index is -0.354. The molecule has 5 heteroatoms. The summed E-state index contributed by atoms with van der Waals surface area (Å²) in [7, 11) is 0. The number of carbonyl (C=O) groups is 2. The predicted molar refractivity (Wildman–Crippen MR) is 128 cm³/mol. The minimum Gasteiger partial charge on any atom is -0.345 e. The summed E-state index contributed by atoms with van der Waals surface area (Å²) >= 11 is 0. The van der Waals surface area contributed by atoms with Gasteiger partial charge in [-0.05, 0) is 35.4 Å². The van der Waals surface area contributed by atoms with Gasteiger partial charge < -0.3 is 15.6 Å². The lowest BCUT2D eigenvalue weighted by Crippen LogP contribution is -2.24. The Morgan fingerprint density at radius 3 is 1.42 bits per heavy atom. The van der Waals surface area contributed by atoms with Crippen molar-refractivity contribution in [3.8, 4) is 22.3 Å². The van der Waals surface area contributed by atoms with Crippen molar-refractivity contribution in [1.29, 1.82) is 0 Å². The number of aromatic amines is 1. The maximum Gasteiger partial charge on any atom is 0.273 e. The normalized spacial score (nSPS) is 13.2. The van der Waals surface area contributed by atoms with E-state index in [9.17, 15) is 9.59 Å². The molecule has 3 aromatic rings. The Kier molecular flexibility index (Phi) is 5.32. The van der Waals surface area contributed by atoms with Crippen LogP contribution in [0.4, 0.5) is 0 Å². The second-order valence-electron chi connectivity index (χ2n) is 7.43. The quantitative estimate of drug-likeness (QED) is 0.481. The van der Waals surface area contributed by atoms with Crippen molar-refractivity contribution in [1.82, 2.24) is 15.6 Å². The van der Waals surface area contributed by atoms with E-state index in [2.05, 4.69) is 27.1 Å². The Bertz CT molecular complexity index is 1330. The Labute approximate surface area is 190 Å². The number of aromatic nitrogens is 1. The number of nitrogens with one attached hydrogen (secondary N) is 3. The van der Waals surface area contributed by atoms with E-state index in [1.54, 1.807) is 36.5 Å². The summed E-state index contributed by atoms with van der Waals surface area (Å²) < 4.78 is 0. The molecule has 0 atom stereocenters. The first kappa shape index (κ1) is 20.1. The second-order valence-corrected chi connectivity index (χ2v) is 7.43. The highest BCUT2D eigenvalue weighted by Crippen LogP contribution is 2.38. The van der Waals surface area contributed by atoms with Crippen molar-refractivity contribution in [3.05, 3.63) is 131 Å². The Morgan fingerprint density at radius 1 is 0.636 bits per heavy atom. The topological polar surface area (TPSA) is 74.0 Å². The van der Waals surface area contributed by atoms with Gasteiger partial charge in [-0.25, -0.2) is 0 Å². The first-order chi connectivity index (χ1) is 16.2. The Hall–Kier alpha value is -4.82. The third kappa shape index (κ3) is 4.06. The van der Waals surface area contributed by atoms with Gasteiger partial charge in [0.2, 0.25) is 0 Å². The molecule has 0 aliphatic heterocycles. The number of allylic oxidation sites excluding steroid dienone is 4. The van der Waals surface area contributed by atoms with Gasteiger partial charge in [0.1, 0.15) is 11.4 Å². The van der Waals surface area contributed by atoms with Crippen molar-refractivity contribution in [2.24, 2.45) is 0 Å². The van der Waals surface area contributed by atoms with Crippen molar-refractivity contribution < 1.29 is 9.59 Å². The number of carbonyl (C=O) groups excluding carboxylic acids is 2. The molecule has 33 heavy (non-hydrogen) atoms. The molecule has 5 nitrogen and oxygen atoms in total. The molecule has 2 amide bonds. The molecule has 2 aliphatic rings. The van der Waals surface area contributed by atoms with Crippen LogP contribution in [0.2, 0.25) is 0 Å². The van der Waals surface area contributed by atoms with Crippen molar-refractivity contribution in [2.45, 2.75) is 0 Å². The van der Waals surface area contributed by atoms with E-state index in [-0.39, 0.29) is 11.8 Å². The van der Waals surface area contributed by atoms with Gasteiger partial charge >= 0.3 is 0 Å². The summed E-state index contributed by atoms with van der Waals surface area (Å²) in [5.74, 6) is -0.709. The largest absolute Gasteiger partial charge is 0.345 e. The third-order valence-corrected chi connectivity index (χ3v) is 5.27. The highest BCUT2D eigenvalue weighted by atomic mass is 16.2. The maximum absolute atomic E-state index is 13.3. The molecule has 2 aliphatic carbocycles. The fourth-order valence-corrected chi connectivity index (χ4v) is 3.81. The third-order valence-electron chi connectivity index (χ3n) is 5.27. The number of rotatable bonds is 6. The molecule has 0 spiro atoms. The zero-order chi connectivity index (χ0) is 22.6. The van der Waals surface area contributed by atoms with Gasteiger partial charge in [-0.15, -0.1) is 0 Å². The van der Waals surface area contributed by atoms with E-state index in [0.29, 0.717) is 33.9 Å². The highest BCUT2D eigenvalue weighted by Gasteiger charge is 2.28. The Balaban J connectivity index is 1.70. The van der Waals surface area contributed by atoms with Crippen LogP contribution in [-0.2, 0) is 0 Å². The van der Waals surface area contributed by atoms with E-state index >= 15 is 0 Å². The lowest BCUT2D eigenvalue weighted by atomic mass is 9.94. The number of H-pyrrole nitrogens is 1.